The molecule has 2 unspecified atom stereocenters. The molecule has 0 N–H and O–H groups in total. The molecule has 2 atom stereocenters. The number of hydrogen-bond acceptors (Lipinski definition) is 4. The third-order valence-corrected chi connectivity index (χ3v) is 7.74. The van der Waals surface area contributed by atoms with Crippen molar-refractivity contribution in [3.63, 3.8) is 0 Å². The number of sulfonamides is 1. The fourth-order valence-electron chi connectivity index (χ4n) is 3.59. The predicted octanol–water partition coefficient (Wildman–Crippen LogP) is 1.72. The molecule has 0 spiro atoms. The van der Waals surface area contributed by atoms with Crippen molar-refractivity contribution < 1.29 is 8.42 Å². The van der Waals surface area contributed by atoms with Crippen molar-refractivity contribution >= 4 is 21.4 Å². The Morgan fingerprint density at radius 2 is 1.95 bits per heavy atom. The average Bonchev–Trinajstić information content (AvgIpc) is 3.03. The van der Waals surface area contributed by atoms with Crippen molar-refractivity contribution in [3.8, 4) is 0 Å². The normalized spacial score (nSPS) is 24.9. The average molecular weight is 336 g/mol. The summed E-state index contributed by atoms with van der Waals surface area (Å²) in [6.45, 7) is 1.57. The molecular formula is C15H16N2O3S2. The van der Waals surface area contributed by atoms with Gasteiger partial charge in [-0.1, -0.05) is 12.1 Å². The van der Waals surface area contributed by atoms with E-state index in [1.54, 1.807) is 34.0 Å². The van der Waals surface area contributed by atoms with E-state index < -0.39 is 10.0 Å². The molecule has 4 rings (SSSR count). The lowest BCUT2D eigenvalue weighted by Crippen LogP contribution is -2.48. The van der Waals surface area contributed by atoms with Gasteiger partial charge in [-0.15, -0.1) is 11.3 Å². The lowest BCUT2D eigenvalue weighted by atomic mass is 9.84. The summed E-state index contributed by atoms with van der Waals surface area (Å²) in [7, 11) is -3.41. The molecule has 7 heteroatoms. The smallest absolute Gasteiger partial charge is 0.252 e. The van der Waals surface area contributed by atoms with Crippen LogP contribution in [0.25, 0.3) is 0 Å². The van der Waals surface area contributed by atoms with Crippen molar-refractivity contribution in [2.24, 2.45) is 5.92 Å². The molecule has 2 bridgehead atoms. The minimum absolute atomic E-state index is 0.0155. The molecule has 1 fully saturated rings. The molecule has 1 saturated heterocycles. The summed E-state index contributed by atoms with van der Waals surface area (Å²) in [6.07, 6.45) is 0.958. The molecule has 0 radical (unpaired) electrons. The lowest BCUT2D eigenvalue weighted by molar-refractivity contribution is 0.186. The third kappa shape index (κ3) is 2.15. The van der Waals surface area contributed by atoms with Crippen LogP contribution in [-0.2, 0) is 16.6 Å². The van der Waals surface area contributed by atoms with Gasteiger partial charge in [0.2, 0.25) is 0 Å². The van der Waals surface area contributed by atoms with Crippen LogP contribution in [0.5, 0.6) is 0 Å². The van der Waals surface area contributed by atoms with Crippen LogP contribution < -0.4 is 5.56 Å². The van der Waals surface area contributed by atoms with Crippen LogP contribution in [0.1, 0.15) is 18.0 Å². The van der Waals surface area contributed by atoms with Gasteiger partial charge in [0.1, 0.15) is 4.21 Å². The Kier molecular flexibility index (Phi) is 3.25. The second-order valence-corrected chi connectivity index (χ2v) is 9.06. The monoisotopic (exact) mass is 336 g/mol. The van der Waals surface area contributed by atoms with E-state index in [2.05, 4.69) is 0 Å². The summed E-state index contributed by atoms with van der Waals surface area (Å²) in [6, 6.07) is 8.70. The Morgan fingerprint density at radius 3 is 2.73 bits per heavy atom. The minimum Gasteiger partial charge on any atom is -0.312 e. The largest absolute Gasteiger partial charge is 0.312 e. The molecule has 2 aliphatic heterocycles. The lowest BCUT2D eigenvalue weighted by Gasteiger charge is -2.41. The molecule has 2 aliphatic rings. The van der Waals surface area contributed by atoms with Gasteiger partial charge in [0.15, 0.2) is 0 Å². The van der Waals surface area contributed by atoms with E-state index in [-0.39, 0.29) is 17.4 Å². The maximum Gasteiger partial charge on any atom is 0.252 e. The Hall–Kier alpha value is -1.44. The van der Waals surface area contributed by atoms with Crippen LogP contribution in [0.2, 0.25) is 0 Å². The third-order valence-electron chi connectivity index (χ3n) is 4.54. The summed E-state index contributed by atoms with van der Waals surface area (Å²) in [5, 5.41) is 1.78. The van der Waals surface area contributed by atoms with Crippen LogP contribution in [0.3, 0.4) is 0 Å². The van der Waals surface area contributed by atoms with E-state index >= 15 is 0 Å². The van der Waals surface area contributed by atoms with Crippen LogP contribution >= 0.6 is 11.3 Å². The van der Waals surface area contributed by atoms with Crippen LogP contribution in [-0.4, -0.2) is 30.4 Å². The van der Waals surface area contributed by atoms with Crippen molar-refractivity contribution in [1.82, 2.24) is 8.87 Å². The topological polar surface area (TPSA) is 59.4 Å². The Labute approximate surface area is 132 Å². The van der Waals surface area contributed by atoms with Gasteiger partial charge in [0.25, 0.3) is 15.6 Å². The van der Waals surface area contributed by atoms with Crippen molar-refractivity contribution in [2.45, 2.75) is 23.1 Å². The first-order valence-corrected chi connectivity index (χ1v) is 9.61. The Morgan fingerprint density at radius 1 is 1.09 bits per heavy atom. The zero-order chi connectivity index (χ0) is 15.3. The highest BCUT2D eigenvalue weighted by atomic mass is 32.2. The fraction of sp³-hybridized carbons (Fsp3) is 0.400. The zero-order valence-corrected chi connectivity index (χ0v) is 13.5. The first kappa shape index (κ1) is 14.2. The van der Waals surface area contributed by atoms with Gasteiger partial charge in [-0.05, 0) is 29.9 Å². The summed E-state index contributed by atoms with van der Waals surface area (Å²) in [4.78, 5) is 12.0. The van der Waals surface area contributed by atoms with Gasteiger partial charge in [-0.25, -0.2) is 8.42 Å². The standard InChI is InChI=1S/C15H16N2O3S2/c18-14-4-1-3-13-12-7-11(9-17(13)14)8-16(10-12)22(19,20)15-5-2-6-21-15/h1-6,11-12H,7-10H2. The number of rotatable bonds is 2. The van der Waals surface area contributed by atoms with Gasteiger partial charge >= 0.3 is 0 Å². The van der Waals surface area contributed by atoms with Gasteiger partial charge in [0.05, 0.1) is 0 Å². The van der Waals surface area contributed by atoms with Gasteiger partial charge in [0, 0.05) is 37.3 Å². The molecule has 2 aromatic rings. The quantitative estimate of drug-likeness (QED) is 0.839. The summed E-state index contributed by atoms with van der Waals surface area (Å²) >= 11 is 1.25. The number of nitrogens with zero attached hydrogens (tertiary/aromatic N) is 2. The molecule has 0 aromatic carbocycles. The molecular weight excluding hydrogens is 320 g/mol. The zero-order valence-electron chi connectivity index (χ0n) is 11.9. The van der Waals surface area contributed by atoms with Crippen LogP contribution in [0.4, 0.5) is 0 Å². The number of piperidine rings is 1. The van der Waals surface area contributed by atoms with E-state index in [0.29, 0.717) is 23.8 Å². The van der Waals surface area contributed by atoms with E-state index in [4.69, 9.17) is 0 Å². The second kappa shape index (κ2) is 5.04. The number of hydrogen-bond donors (Lipinski definition) is 0. The number of thiophene rings is 1. The molecule has 0 amide bonds. The van der Waals surface area contributed by atoms with Gasteiger partial charge < -0.3 is 4.57 Å². The highest BCUT2D eigenvalue weighted by Crippen LogP contribution is 2.37. The predicted molar refractivity (Wildman–Crippen MR) is 84.6 cm³/mol. The fourth-order valence-corrected chi connectivity index (χ4v) is 6.29. The van der Waals surface area contributed by atoms with Crippen molar-refractivity contribution in [2.75, 3.05) is 13.1 Å². The van der Waals surface area contributed by atoms with Crippen LogP contribution in [0, 0.1) is 5.92 Å². The number of pyridine rings is 1. The van der Waals surface area contributed by atoms with Gasteiger partial charge in [-0.2, -0.15) is 4.31 Å². The maximum atomic E-state index is 12.7. The van der Waals surface area contributed by atoms with E-state index in [0.717, 1.165) is 12.1 Å². The van der Waals surface area contributed by atoms with E-state index in [9.17, 15) is 13.2 Å². The molecule has 22 heavy (non-hydrogen) atoms. The SMILES string of the molecule is O=c1cccc2n1CC1CC2CN(S(=O)(=O)c2cccs2)C1. The minimum atomic E-state index is -3.41. The Bertz CT molecular complexity index is 855. The van der Waals surface area contributed by atoms with E-state index in [1.807, 2.05) is 10.6 Å². The number of fused-ring (bicyclic) bond motifs is 4. The molecule has 0 saturated carbocycles. The summed E-state index contributed by atoms with van der Waals surface area (Å²) in [5.41, 5.74) is 0.983. The molecule has 0 aliphatic carbocycles. The Balaban J connectivity index is 1.71. The molecule has 4 heterocycles. The van der Waals surface area contributed by atoms with Crippen molar-refractivity contribution in [3.05, 3.63) is 51.8 Å². The first-order valence-electron chi connectivity index (χ1n) is 7.29. The first-order chi connectivity index (χ1) is 10.6. The highest BCUT2D eigenvalue weighted by molar-refractivity contribution is 7.91. The van der Waals surface area contributed by atoms with E-state index in [1.165, 1.54) is 11.3 Å². The molecule has 5 nitrogen and oxygen atoms in total. The van der Waals surface area contributed by atoms with Gasteiger partial charge in [-0.3, -0.25) is 4.79 Å². The molecule has 2 aromatic heterocycles. The van der Waals surface area contributed by atoms with Crippen LogP contribution in [0.15, 0.2) is 44.7 Å². The second-order valence-electron chi connectivity index (χ2n) is 5.95. The number of aromatic nitrogens is 1. The highest BCUT2D eigenvalue weighted by Gasteiger charge is 2.39. The van der Waals surface area contributed by atoms with Crippen molar-refractivity contribution in [1.29, 1.82) is 0 Å². The molecule has 116 valence electrons. The summed E-state index contributed by atoms with van der Waals surface area (Å²) in [5.74, 6) is 0.317. The summed E-state index contributed by atoms with van der Waals surface area (Å²) < 4.78 is 29.3. The maximum absolute atomic E-state index is 12.7.